The van der Waals surface area contributed by atoms with Crippen molar-refractivity contribution in [2.24, 2.45) is 0 Å². The first kappa shape index (κ1) is 8.21. The van der Waals surface area contributed by atoms with Gasteiger partial charge in [0.05, 0.1) is 0 Å². The predicted octanol–water partition coefficient (Wildman–Crippen LogP) is 0.171. The van der Waals surface area contributed by atoms with Gasteiger partial charge in [-0.25, -0.2) is 0 Å². The number of hydrogen-bond donors (Lipinski definition) is 1. The fraction of sp³-hybridized carbons (Fsp3) is 0.833. The average molecular weight is 151 g/mol. The fourth-order valence-electron chi connectivity index (χ4n) is 1.16. The van der Waals surface area contributed by atoms with Crippen LogP contribution in [0.3, 0.4) is 0 Å². The summed E-state index contributed by atoms with van der Waals surface area (Å²) in [4.78, 5) is 10.8. The van der Waals surface area contributed by atoms with E-state index in [4.69, 9.17) is 0 Å². The molecule has 1 unspecified atom stereocenters. The van der Waals surface area contributed by atoms with E-state index in [-0.39, 0.29) is 5.91 Å². The molecule has 0 bridgehead atoms. The zero-order chi connectivity index (χ0) is 6.69. The molecule has 0 aliphatic carbocycles. The number of nitrogens with one attached hydrogen (secondary N) is 1. The molecular formula is C6H10KNO. The van der Waals surface area contributed by atoms with Crippen molar-refractivity contribution >= 4 is 54.9 Å². The third-order valence-electron chi connectivity index (χ3n) is 1.70. The van der Waals surface area contributed by atoms with Gasteiger partial charge in [0.15, 0.2) is 0 Å². The van der Waals surface area contributed by atoms with Crippen LogP contribution in [0.15, 0.2) is 0 Å². The minimum absolute atomic E-state index is 0.269. The third kappa shape index (κ3) is 3.14. The van der Waals surface area contributed by atoms with Gasteiger partial charge < -0.3 is 0 Å². The summed E-state index contributed by atoms with van der Waals surface area (Å²) in [5.74, 6) is 0.269. The standard InChI is InChI=1S/C6H10NO.K/c8-6-4-2-1-3-5-7-6;/h5H,1-4H2,(H,7,8);. The molecule has 0 aromatic heterocycles. The van der Waals surface area contributed by atoms with Crippen LogP contribution in [0, 0.1) is 0 Å². The molecule has 0 spiro atoms. The molecule has 1 N–H and O–H groups in total. The summed E-state index contributed by atoms with van der Waals surface area (Å²) in [6.45, 7) is 0. The van der Waals surface area contributed by atoms with Gasteiger partial charge in [-0.2, -0.15) is 0 Å². The Labute approximate surface area is 89.4 Å². The predicted molar refractivity (Wildman–Crippen MR) is 36.2 cm³/mol. The Bertz CT molecular complexity index is 116. The topological polar surface area (TPSA) is 29.1 Å². The van der Waals surface area contributed by atoms with Gasteiger partial charge in [-0.15, -0.1) is 0 Å². The molecule has 0 aromatic rings. The van der Waals surface area contributed by atoms with E-state index >= 15 is 0 Å². The van der Waals surface area contributed by atoms with E-state index in [2.05, 4.69) is 5.32 Å². The molecule has 1 amide bonds. The van der Waals surface area contributed by atoms with E-state index in [1.54, 1.807) is 0 Å². The van der Waals surface area contributed by atoms with Crippen molar-refractivity contribution in [3.8, 4) is 0 Å². The number of carbonyl (C=O) groups excluding carboxylic acids is 1. The first-order valence-electron chi connectivity index (χ1n) is 3.58. The van der Waals surface area contributed by atoms with Crippen LogP contribution >= 0.6 is 0 Å². The van der Waals surface area contributed by atoms with Crippen molar-refractivity contribution in [1.29, 1.82) is 0 Å². The van der Waals surface area contributed by atoms with Crippen LogP contribution in [0.25, 0.3) is 0 Å². The van der Waals surface area contributed by atoms with E-state index in [1.807, 2.05) is 0 Å². The zero-order valence-electron chi connectivity index (χ0n) is 5.81. The van der Waals surface area contributed by atoms with Crippen LogP contribution in [-0.4, -0.2) is 55.0 Å². The van der Waals surface area contributed by atoms with Crippen LogP contribution in [0.4, 0.5) is 0 Å². The van der Waals surface area contributed by atoms with Crippen LogP contribution in [-0.2, 0) is 4.79 Å². The molecule has 0 saturated carbocycles. The molecule has 1 aliphatic rings. The monoisotopic (exact) mass is 151 g/mol. The molecular weight excluding hydrogens is 141 g/mol. The first-order chi connectivity index (χ1) is 4.29. The number of rotatable bonds is 0. The van der Waals surface area contributed by atoms with E-state index in [0.29, 0.717) is 0.136 Å². The molecule has 0 radical (unpaired) electrons. The molecule has 2 nitrogen and oxygen atoms in total. The molecule has 9 heavy (non-hydrogen) atoms. The van der Waals surface area contributed by atoms with Crippen LogP contribution in [0.2, 0.25) is 0 Å². The maximum absolute atomic E-state index is 10.8. The van der Waals surface area contributed by atoms with Crippen molar-refractivity contribution in [3.63, 3.8) is 0 Å². The van der Waals surface area contributed by atoms with Gasteiger partial charge in [0.25, 0.3) is 0 Å². The maximum atomic E-state index is 10.8. The summed E-state index contributed by atoms with van der Waals surface area (Å²) in [5, 5.41) is 2.99. The van der Waals surface area contributed by atoms with Crippen LogP contribution in [0.1, 0.15) is 25.7 Å². The second-order valence-corrected chi connectivity index (χ2v) is 4.89. The summed E-state index contributed by atoms with van der Waals surface area (Å²) >= 11 is 0.771. The second-order valence-electron chi connectivity index (χ2n) is 2.71. The minimum atomic E-state index is 0.269. The van der Waals surface area contributed by atoms with Gasteiger partial charge in [-0.3, -0.25) is 0 Å². The molecule has 3 heteroatoms. The number of carbonyl (C=O) groups is 1. The molecule has 1 atom stereocenters. The SMILES string of the molecule is O=C1CCCC[CH]([K])N1. The summed E-state index contributed by atoms with van der Waals surface area (Å²) < 4.78 is 0.590. The number of hydrogen-bond acceptors (Lipinski definition) is 1. The molecule has 0 aromatic carbocycles. The van der Waals surface area contributed by atoms with E-state index in [0.717, 1.165) is 61.8 Å². The van der Waals surface area contributed by atoms with Gasteiger partial charge in [0, 0.05) is 0 Å². The molecule has 46 valence electrons. The van der Waals surface area contributed by atoms with E-state index in [9.17, 15) is 4.79 Å². The van der Waals surface area contributed by atoms with Crippen molar-refractivity contribution < 1.29 is 4.79 Å². The summed E-state index contributed by atoms with van der Waals surface area (Å²) in [5.41, 5.74) is 0. The van der Waals surface area contributed by atoms with Crippen molar-refractivity contribution in [1.82, 2.24) is 5.32 Å². The molecule has 1 aliphatic heterocycles. The second kappa shape index (κ2) is 4.08. The summed E-state index contributed by atoms with van der Waals surface area (Å²) in [6, 6.07) is 0. The van der Waals surface area contributed by atoms with Crippen molar-refractivity contribution in [2.45, 2.75) is 25.8 Å². The molecule has 1 rings (SSSR count). The Kier molecular flexibility index (Phi) is 3.72. The quantitative estimate of drug-likeness (QED) is 0.491. The summed E-state index contributed by atoms with van der Waals surface area (Å²) in [6.07, 6.45) is 4.32. The van der Waals surface area contributed by atoms with Gasteiger partial charge in [0.2, 0.25) is 0 Å². The zero-order valence-corrected chi connectivity index (χ0v) is 8.94. The third-order valence-corrected chi connectivity index (χ3v) is 3.05. The van der Waals surface area contributed by atoms with E-state index in [1.165, 1.54) is 12.8 Å². The number of amides is 1. The van der Waals surface area contributed by atoms with Crippen LogP contribution < -0.4 is 5.32 Å². The fourth-order valence-corrected chi connectivity index (χ4v) is 2.30. The molecule has 1 heterocycles. The van der Waals surface area contributed by atoms with Gasteiger partial charge >= 0.3 is 90.8 Å². The Balaban J connectivity index is 2.37. The van der Waals surface area contributed by atoms with Gasteiger partial charge in [-0.05, 0) is 0 Å². The molecule has 1 fully saturated rings. The summed E-state index contributed by atoms with van der Waals surface area (Å²) in [7, 11) is 0. The first-order valence-corrected chi connectivity index (χ1v) is 5.39. The van der Waals surface area contributed by atoms with Crippen molar-refractivity contribution in [3.05, 3.63) is 0 Å². The average Bonchev–Trinajstić information content (AvgIpc) is 1.93. The Morgan fingerprint density at radius 1 is 1.56 bits per heavy atom. The van der Waals surface area contributed by atoms with Gasteiger partial charge in [0.1, 0.15) is 0 Å². The van der Waals surface area contributed by atoms with Crippen molar-refractivity contribution in [2.75, 3.05) is 0 Å². The van der Waals surface area contributed by atoms with E-state index < -0.39 is 0 Å². The Hall–Kier alpha value is 1.11. The Morgan fingerprint density at radius 2 is 2.33 bits per heavy atom. The van der Waals surface area contributed by atoms with Crippen LogP contribution in [0.5, 0.6) is 0 Å². The Morgan fingerprint density at radius 3 is 3.11 bits per heavy atom. The normalized spacial score (nSPS) is 29.1. The van der Waals surface area contributed by atoms with Gasteiger partial charge in [-0.1, -0.05) is 0 Å². The molecule has 1 saturated heterocycles.